The van der Waals surface area contributed by atoms with Crippen molar-refractivity contribution in [2.75, 3.05) is 19.6 Å². The Hall–Kier alpha value is -2.71. The van der Waals surface area contributed by atoms with Crippen molar-refractivity contribution < 1.29 is 4.79 Å². The molecular formula is C20H22N4O. The number of hydrogen-bond donors (Lipinski definition) is 0. The molecule has 1 amide bonds. The standard InChI is InChI=1S/C20H22N4O/c21-13-19-16-24(20(25)9-8-17-7-4-10-22-14-17)12-11-23(19)15-18-5-2-1-3-6-18/h1-7,10,14,19H,8-9,11-12,15-16H2/t19-/m0/s1. The van der Waals surface area contributed by atoms with Crippen molar-refractivity contribution in [2.45, 2.75) is 25.4 Å². The van der Waals surface area contributed by atoms with Gasteiger partial charge in [-0.15, -0.1) is 0 Å². The number of hydrogen-bond acceptors (Lipinski definition) is 4. The zero-order chi connectivity index (χ0) is 17.5. The second-order valence-electron chi connectivity index (χ2n) is 6.30. The van der Waals surface area contributed by atoms with Crippen molar-refractivity contribution >= 4 is 5.91 Å². The Kier molecular flexibility index (Phi) is 5.76. The van der Waals surface area contributed by atoms with Crippen LogP contribution in [0.3, 0.4) is 0 Å². The topological polar surface area (TPSA) is 60.2 Å². The zero-order valence-electron chi connectivity index (χ0n) is 14.2. The lowest BCUT2D eigenvalue weighted by atomic mass is 10.1. The Bertz CT molecular complexity index is 726. The van der Waals surface area contributed by atoms with E-state index in [1.54, 1.807) is 12.4 Å². The summed E-state index contributed by atoms with van der Waals surface area (Å²) in [7, 11) is 0. The molecule has 25 heavy (non-hydrogen) atoms. The Morgan fingerprint density at radius 2 is 1.96 bits per heavy atom. The van der Waals surface area contributed by atoms with Crippen LogP contribution in [-0.2, 0) is 17.8 Å². The first-order chi connectivity index (χ1) is 12.3. The highest BCUT2D eigenvalue weighted by molar-refractivity contribution is 5.76. The Morgan fingerprint density at radius 1 is 1.16 bits per heavy atom. The molecule has 128 valence electrons. The van der Waals surface area contributed by atoms with Gasteiger partial charge >= 0.3 is 0 Å². The lowest BCUT2D eigenvalue weighted by Crippen LogP contribution is -2.53. The maximum absolute atomic E-state index is 12.5. The van der Waals surface area contributed by atoms with Gasteiger partial charge in [0, 0.05) is 45.0 Å². The molecule has 1 fully saturated rings. The molecule has 0 spiro atoms. The fourth-order valence-corrected chi connectivity index (χ4v) is 3.13. The van der Waals surface area contributed by atoms with Gasteiger partial charge < -0.3 is 4.90 Å². The molecule has 1 aliphatic rings. The summed E-state index contributed by atoms with van der Waals surface area (Å²) < 4.78 is 0. The molecule has 3 rings (SSSR count). The predicted octanol–water partition coefficient (Wildman–Crippen LogP) is 2.25. The number of pyridine rings is 1. The summed E-state index contributed by atoms with van der Waals surface area (Å²) in [5.74, 6) is 0.114. The summed E-state index contributed by atoms with van der Waals surface area (Å²) in [5, 5.41) is 9.51. The molecule has 2 aromatic rings. The minimum absolute atomic E-state index is 0.114. The van der Waals surface area contributed by atoms with E-state index < -0.39 is 0 Å². The zero-order valence-corrected chi connectivity index (χ0v) is 14.2. The first-order valence-electron chi connectivity index (χ1n) is 8.60. The predicted molar refractivity (Wildman–Crippen MR) is 95.4 cm³/mol. The Balaban J connectivity index is 1.54. The average Bonchev–Trinajstić information content (AvgIpc) is 2.68. The quantitative estimate of drug-likeness (QED) is 0.841. The number of nitriles is 1. The number of amides is 1. The summed E-state index contributed by atoms with van der Waals surface area (Å²) >= 11 is 0. The van der Waals surface area contributed by atoms with E-state index in [1.165, 1.54) is 5.56 Å². The Labute approximate surface area is 148 Å². The molecule has 1 atom stereocenters. The number of aryl methyl sites for hydroxylation is 1. The van der Waals surface area contributed by atoms with E-state index in [9.17, 15) is 10.1 Å². The van der Waals surface area contributed by atoms with E-state index in [2.05, 4.69) is 28.1 Å². The van der Waals surface area contributed by atoms with Gasteiger partial charge in [0.05, 0.1) is 6.07 Å². The van der Waals surface area contributed by atoms with Gasteiger partial charge in [0.25, 0.3) is 0 Å². The van der Waals surface area contributed by atoms with Crippen LogP contribution in [0.1, 0.15) is 17.5 Å². The lowest BCUT2D eigenvalue weighted by Gasteiger charge is -2.38. The normalized spacial score (nSPS) is 17.9. The van der Waals surface area contributed by atoms with Crippen LogP contribution in [0.25, 0.3) is 0 Å². The first kappa shape index (κ1) is 17.1. The van der Waals surface area contributed by atoms with Gasteiger partial charge in [0.1, 0.15) is 6.04 Å². The van der Waals surface area contributed by atoms with Crippen LogP contribution >= 0.6 is 0 Å². The summed E-state index contributed by atoms with van der Waals surface area (Å²) in [4.78, 5) is 20.5. The van der Waals surface area contributed by atoms with E-state index in [1.807, 2.05) is 35.2 Å². The second-order valence-corrected chi connectivity index (χ2v) is 6.30. The van der Waals surface area contributed by atoms with Gasteiger partial charge in [0.2, 0.25) is 5.91 Å². The molecule has 5 nitrogen and oxygen atoms in total. The Morgan fingerprint density at radius 3 is 2.68 bits per heavy atom. The molecule has 0 radical (unpaired) electrons. The number of nitrogens with zero attached hydrogens (tertiary/aromatic N) is 4. The molecule has 0 unspecified atom stereocenters. The molecule has 5 heteroatoms. The third-order valence-corrected chi connectivity index (χ3v) is 4.57. The lowest BCUT2D eigenvalue weighted by molar-refractivity contribution is -0.133. The van der Waals surface area contributed by atoms with E-state index in [-0.39, 0.29) is 11.9 Å². The van der Waals surface area contributed by atoms with E-state index >= 15 is 0 Å². The minimum Gasteiger partial charge on any atom is -0.339 e. The van der Waals surface area contributed by atoms with Gasteiger partial charge in [-0.3, -0.25) is 14.7 Å². The highest BCUT2D eigenvalue weighted by Crippen LogP contribution is 2.15. The van der Waals surface area contributed by atoms with Gasteiger partial charge in [0.15, 0.2) is 0 Å². The van der Waals surface area contributed by atoms with Gasteiger partial charge in [-0.25, -0.2) is 0 Å². The van der Waals surface area contributed by atoms with Crippen molar-refractivity contribution in [2.24, 2.45) is 0 Å². The molecule has 0 aliphatic carbocycles. The summed E-state index contributed by atoms with van der Waals surface area (Å²) in [6.07, 6.45) is 4.68. The highest BCUT2D eigenvalue weighted by Gasteiger charge is 2.29. The molecule has 1 aromatic heterocycles. The van der Waals surface area contributed by atoms with Crippen LogP contribution in [-0.4, -0.2) is 46.4 Å². The molecule has 2 heterocycles. The van der Waals surface area contributed by atoms with Crippen LogP contribution in [0.2, 0.25) is 0 Å². The van der Waals surface area contributed by atoms with Crippen LogP contribution in [0.5, 0.6) is 0 Å². The molecular weight excluding hydrogens is 312 g/mol. The van der Waals surface area contributed by atoms with Crippen LogP contribution in [0, 0.1) is 11.3 Å². The summed E-state index contributed by atoms with van der Waals surface area (Å²) in [6.45, 7) is 2.63. The molecule has 1 saturated heterocycles. The summed E-state index contributed by atoms with van der Waals surface area (Å²) in [5.41, 5.74) is 2.26. The van der Waals surface area contributed by atoms with Gasteiger partial charge in [-0.2, -0.15) is 5.26 Å². The van der Waals surface area contributed by atoms with Crippen molar-refractivity contribution in [3.8, 4) is 6.07 Å². The monoisotopic (exact) mass is 334 g/mol. The molecule has 0 bridgehead atoms. The third kappa shape index (κ3) is 4.65. The van der Waals surface area contributed by atoms with Crippen molar-refractivity contribution in [1.82, 2.24) is 14.8 Å². The molecule has 0 N–H and O–H groups in total. The fraction of sp³-hybridized carbons (Fsp3) is 0.350. The SMILES string of the molecule is N#C[C@H]1CN(C(=O)CCc2cccnc2)CCN1Cc1ccccc1. The highest BCUT2D eigenvalue weighted by atomic mass is 16.2. The fourth-order valence-electron chi connectivity index (χ4n) is 3.13. The molecule has 1 aromatic carbocycles. The molecule has 1 aliphatic heterocycles. The maximum atomic E-state index is 12.5. The molecule has 0 saturated carbocycles. The number of benzene rings is 1. The average molecular weight is 334 g/mol. The maximum Gasteiger partial charge on any atom is 0.223 e. The van der Waals surface area contributed by atoms with Gasteiger partial charge in [-0.1, -0.05) is 36.4 Å². The number of aromatic nitrogens is 1. The van der Waals surface area contributed by atoms with E-state index in [4.69, 9.17) is 0 Å². The van der Waals surface area contributed by atoms with E-state index in [0.29, 0.717) is 25.9 Å². The number of carbonyl (C=O) groups excluding carboxylic acids is 1. The van der Waals surface area contributed by atoms with Crippen molar-refractivity contribution in [1.29, 1.82) is 5.26 Å². The number of rotatable bonds is 5. The number of piperazine rings is 1. The van der Waals surface area contributed by atoms with Crippen molar-refractivity contribution in [3.05, 3.63) is 66.0 Å². The number of carbonyl (C=O) groups is 1. The van der Waals surface area contributed by atoms with Gasteiger partial charge in [-0.05, 0) is 23.6 Å². The third-order valence-electron chi connectivity index (χ3n) is 4.57. The van der Waals surface area contributed by atoms with E-state index in [0.717, 1.165) is 18.7 Å². The van der Waals surface area contributed by atoms with Crippen LogP contribution in [0.4, 0.5) is 0 Å². The minimum atomic E-state index is -0.253. The van der Waals surface area contributed by atoms with Crippen molar-refractivity contribution in [3.63, 3.8) is 0 Å². The van der Waals surface area contributed by atoms with Crippen LogP contribution < -0.4 is 0 Å². The second kappa shape index (κ2) is 8.41. The first-order valence-corrected chi connectivity index (χ1v) is 8.60. The smallest absolute Gasteiger partial charge is 0.223 e. The largest absolute Gasteiger partial charge is 0.339 e. The summed E-state index contributed by atoms with van der Waals surface area (Å²) in [6, 6.07) is 16.1. The van der Waals surface area contributed by atoms with Crippen LogP contribution in [0.15, 0.2) is 54.9 Å².